The number of Topliss-reactive ketones (excluding diaryl/α,β-unsaturated/α-hetero) is 1. The minimum Gasteiger partial charge on any atom is -0.384 e. The molecule has 3 rings (SSSR count). The van der Waals surface area contributed by atoms with E-state index in [0.29, 0.717) is 18.5 Å². The number of nitrogens with two attached hydrogens (primary N) is 2. The van der Waals surface area contributed by atoms with E-state index in [4.69, 9.17) is 18.0 Å². The van der Waals surface area contributed by atoms with Gasteiger partial charge in [0.25, 0.3) is 5.56 Å². The Balaban J connectivity index is 2.03. The smallest absolute Gasteiger partial charge is 0.332 e. The number of nitrogen functional groups attached to an aromatic ring is 1. The number of benzene rings is 1. The highest BCUT2D eigenvalue weighted by atomic mass is 19.1. The molecule has 2 aromatic rings. The van der Waals surface area contributed by atoms with Gasteiger partial charge in [0.1, 0.15) is 17.2 Å². The van der Waals surface area contributed by atoms with Crippen LogP contribution in [0.4, 0.5) is 15.9 Å². The zero-order valence-electron chi connectivity index (χ0n) is 18.2. The van der Waals surface area contributed by atoms with Crippen LogP contribution in [0.25, 0.3) is 4.85 Å². The summed E-state index contributed by atoms with van der Waals surface area (Å²) in [6.45, 7) is 8.54. The van der Waals surface area contributed by atoms with Crippen molar-refractivity contribution in [1.82, 2.24) is 14.0 Å². The normalized spacial score (nSPS) is 16.3. The molecule has 1 atom stereocenters. The lowest BCUT2D eigenvalue weighted by molar-refractivity contribution is -0.124. The predicted molar refractivity (Wildman–Crippen MR) is 120 cm³/mol. The number of piperidine rings is 1. The molecule has 2 heterocycles. The van der Waals surface area contributed by atoms with Crippen LogP contribution in [-0.4, -0.2) is 44.9 Å². The molecule has 0 unspecified atom stereocenters. The molecule has 11 heteroatoms. The van der Waals surface area contributed by atoms with Crippen molar-refractivity contribution in [3.8, 4) is 0 Å². The van der Waals surface area contributed by atoms with E-state index in [1.165, 1.54) is 12.1 Å². The quantitative estimate of drug-likeness (QED) is 0.468. The van der Waals surface area contributed by atoms with Gasteiger partial charge in [-0.15, -0.1) is 0 Å². The van der Waals surface area contributed by atoms with Crippen molar-refractivity contribution in [2.45, 2.75) is 45.3 Å². The monoisotopic (exact) mass is 456 g/mol. The van der Waals surface area contributed by atoms with Crippen LogP contribution >= 0.6 is 0 Å². The first kappa shape index (κ1) is 23.9. The highest BCUT2D eigenvalue weighted by Crippen LogP contribution is 2.21. The van der Waals surface area contributed by atoms with Gasteiger partial charge in [0, 0.05) is 6.54 Å². The van der Waals surface area contributed by atoms with Gasteiger partial charge in [0.15, 0.2) is 5.78 Å². The van der Waals surface area contributed by atoms with Gasteiger partial charge in [0.05, 0.1) is 25.7 Å². The first-order valence-electron chi connectivity index (χ1n) is 10.5. The number of primary amides is 1. The van der Waals surface area contributed by atoms with E-state index in [9.17, 15) is 23.6 Å². The van der Waals surface area contributed by atoms with Gasteiger partial charge in [-0.3, -0.25) is 28.4 Å². The van der Waals surface area contributed by atoms with E-state index in [1.807, 2.05) is 0 Å². The minimum absolute atomic E-state index is 0.00310. The third-order valence-corrected chi connectivity index (χ3v) is 5.82. The van der Waals surface area contributed by atoms with E-state index < -0.39 is 34.8 Å². The topological polar surface area (TPSA) is 138 Å². The third-order valence-electron chi connectivity index (χ3n) is 5.82. The zero-order valence-corrected chi connectivity index (χ0v) is 18.2. The Kier molecular flexibility index (Phi) is 7.08. The Labute approximate surface area is 189 Å². The second kappa shape index (κ2) is 9.79. The summed E-state index contributed by atoms with van der Waals surface area (Å²) in [6, 6.07) is 3.23. The fraction of sp³-hybridized carbons (Fsp3) is 0.409. The molecule has 4 N–H and O–H groups in total. The van der Waals surface area contributed by atoms with E-state index in [0.717, 1.165) is 28.0 Å². The predicted octanol–water partition coefficient (Wildman–Crippen LogP) is 0.873. The van der Waals surface area contributed by atoms with Crippen LogP contribution in [0, 0.1) is 12.4 Å². The average molecular weight is 456 g/mol. The van der Waals surface area contributed by atoms with Crippen molar-refractivity contribution in [3.63, 3.8) is 0 Å². The zero-order chi connectivity index (χ0) is 24.3. The number of anilines is 1. The molecular formula is C22H25FN6O4. The maximum absolute atomic E-state index is 14.0. The van der Waals surface area contributed by atoms with Gasteiger partial charge in [-0.1, -0.05) is 18.6 Å². The summed E-state index contributed by atoms with van der Waals surface area (Å²) < 4.78 is 16.0. The number of rotatable bonds is 7. The molecule has 1 aliphatic rings. The van der Waals surface area contributed by atoms with Crippen LogP contribution in [0.2, 0.25) is 0 Å². The number of likely N-dealkylation sites (tertiary alicyclic amines) is 1. The second-order valence-electron chi connectivity index (χ2n) is 7.88. The van der Waals surface area contributed by atoms with E-state index in [-0.39, 0.29) is 36.7 Å². The number of amides is 1. The number of hydrogen-bond acceptors (Lipinski definition) is 6. The molecule has 1 saturated heterocycles. The number of ketones is 1. The Hall–Kier alpha value is -3.78. The highest BCUT2D eigenvalue weighted by Gasteiger charge is 2.31. The standard InChI is InChI=1S/C22H25FN6O4/c1-3-28-21(32)18(17(30)12-27-9-5-4-6-16(27)20(25)31)19(24)29(22(28)33)11-13-7-8-15(26-2)14(23)10-13/h7-8,10,16H,3-6,9,11-12,24H2,1H3,(H2,25,31)/t16-/m1/s1. The largest absolute Gasteiger partial charge is 0.384 e. The molecule has 1 fully saturated rings. The van der Waals surface area contributed by atoms with Crippen LogP contribution in [-0.2, 0) is 17.9 Å². The molecule has 10 nitrogen and oxygen atoms in total. The lowest BCUT2D eigenvalue weighted by atomic mass is 10.0. The number of halogens is 1. The molecule has 1 aromatic heterocycles. The Bertz CT molecular complexity index is 1260. The van der Waals surface area contributed by atoms with Crippen molar-refractivity contribution < 1.29 is 14.0 Å². The number of hydrogen-bond donors (Lipinski definition) is 2. The van der Waals surface area contributed by atoms with Crippen molar-refractivity contribution in [2.75, 3.05) is 18.8 Å². The number of nitrogens with zero attached hydrogens (tertiary/aromatic N) is 4. The highest BCUT2D eigenvalue weighted by molar-refractivity contribution is 6.01. The van der Waals surface area contributed by atoms with Gasteiger partial charge in [-0.05, 0) is 37.9 Å². The molecule has 174 valence electrons. The summed E-state index contributed by atoms with van der Waals surface area (Å²) in [5, 5.41) is 0. The van der Waals surface area contributed by atoms with E-state index in [2.05, 4.69) is 4.85 Å². The average Bonchev–Trinajstić information content (AvgIpc) is 2.77. The van der Waals surface area contributed by atoms with Crippen LogP contribution in [0.5, 0.6) is 0 Å². The Morgan fingerprint density at radius 1 is 1.24 bits per heavy atom. The minimum atomic E-state index is -0.816. The van der Waals surface area contributed by atoms with Crippen molar-refractivity contribution in [3.05, 3.63) is 67.4 Å². The Morgan fingerprint density at radius 2 is 1.97 bits per heavy atom. The van der Waals surface area contributed by atoms with Gasteiger partial charge in [0.2, 0.25) is 11.6 Å². The maximum atomic E-state index is 14.0. The van der Waals surface area contributed by atoms with Crippen LogP contribution in [0.15, 0.2) is 27.8 Å². The summed E-state index contributed by atoms with van der Waals surface area (Å²) in [5.74, 6) is -2.26. The fourth-order valence-corrected chi connectivity index (χ4v) is 4.10. The van der Waals surface area contributed by atoms with Gasteiger partial charge in [-0.2, -0.15) is 0 Å². The number of aromatic nitrogens is 2. The second-order valence-corrected chi connectivity index (χ2v) is 7.88. The van der Waals surface area contributed by atoms with E-state index >= 15 is 0 Å². The molecule has 33 heavy (non-hydrogen) atoms. The fourth-order valence-electron chi connectivity index (χ4n) is 4.10. The molecule has 0 spiro atoms. The molecule has 1 amide bonds. The maximum Gasteiger partial charge on any atom is 0.332 e. The van der Waals surface area contributed by atoms with Gasteiger partial charge < -0.3 is 11.5 Å². The summed E-state index contributed by atoms with van der Waals surface area (Å²) in [7, 11) is 0. The van der Waals surface area contributed by atoms with Crippen LogP contribution in [0.3, 0.4) is 0 Å². The Morgan fingerprint density at radius 3 is 2.58 bits per heavy atom. The lowest BCUT2D eigenvalue weighted by Gasteiger charge is -2.33. The summed E-state index contributed by atoms with van der Waals surface area (Å²) in [5.41, 5.74) is 9.84. The lowest BCUT2D eigenvalue weighted by Crippen LogP contribution is -2.51. The first-order chi connectivity index (χ1) is 15.7. The van der Waals surface area contributed by atoms with Crippen LogP contribution < -0.4 is 22.7 Å². The van der Waals surface area contributed by atoms with Crippen molar-refractivity contribution in [2.24, 2.45) is 5.73 Å². The summed E-state index contributed by atoms with van der Waals surface area (Å²) in [4.78, 5) is 55.4. The van der Waals surface area contributed by atoms with E-state index in [1.54, 1.807) is 11.8 Å². The summed E-state index contributed by atoms with van der Waals surface area (Å²) in [6.07, 6.45) is 2.09. The summed E-state index contributed by atoms with van der Waals surface area (Å²) >= 11 is 0. The van der Waals surface area contributed by atoms with Crippen molar-refractivity contribution >= 4 is 23.2 Å². The molecular weight excluding hydrogens is 431 g/mol. The van der Waals surface area contributed by atoms with Crippen LogP contribution in [0.1, 0.15) is 42.1 Å². The molecule has 0 aliphatic carbocycles. The molecule has 1 aromatic carbocycles. The van der Waals surface area contributed by atoms with Gasteiger partial charge in [-0.25, -0.2) is 14.0 Å². The molecule has 0 bridgehead atoms. The third kappa shape index (κ3) is 4.70. The molecule has 0 saturated carbocycles. The number of carbonyl (C=O) groups excluding carboxylic acids is 2. The SMILES string of the molecule is [C-]#[N+]c1ccc(Cn2c(N)c(C(=O)CN3CCCC[C@@H]3C(N)=O)c(=O)n(CC)c2=O)cc1F. The number of carbonyl (C=O) groups is 2. The first-order valence-corrected chi connectivity index (χ1v) is 10.5. The van der Waals surface area contributed by atoms with Gasteiger partial charge >= 0.3 is 5.69 Å². The molecule has 0 radical (unpaired) electrons. The van der Waals surface area contributed by atoms with Crippen molar-refractivity contribution in [1.29, 1.82) is 0 Å². The molecule has 1 aliphatic heterocycles.